The van der Waals surface area contributed by atoms with Crippen LogP contribution in [-0.2, 0) is 11.8 Å². The van der Waals surface area contributed by atoms with Crippen molar-refractivity contribution >= 4 is 6.29 Å². The second-order valence-electron chi connectivity index (χ2n) is 1.90. The lowest BCUT2D eigenvalue weighted by Gasteiger charge is -1.87. The molecule has 0 bridgehead atoms. The molecule has 1 aromatic heterocycles. The molecular weight excluding hydrogens is 116 g/mol. The van der Waals surface area contributed by atoms with Crippen LogP contribution in [0, 0.1) is 6.92 Å². The van der Waals surface area contributed by atoms with E-state index in [4.69, 9.17) is 0 Å². The van der Waals surface area contributed by atoms with Gasteiger partial charge in [-0.25, -0.2) is 0 Å². The molecule has 0 amide bonds. The fraction of sp³-hybridized carbons (Fsp3) is 0.333. The van der Waals surface area contributed by atoms with Crippen molar-refractivity contribution < 1.29 is 4.79 Å². The highest BCUT2D eigenvalue weighted by atomic mass is 16.1. The van der Waals surface area contributed by atoms with Gasteiger partial charge in [0.2, 0.25) is 0 Å². The Labute approximate surface area is 53.3 Å². The summed E-state index contributed by atoms with van der Waals surface area (Å²) in [5.74, 6) is 0. The molecule has 0 unspecified atom stereocenters. The standard InChI is InChI=1S/C6H7N2O/c1-5-3-6(4-9)7-8(5)2/h3H,1-2H3. The van der Waals surface area contributed by atoms with Gasteiger partial charge in [-0.05, 0) is 13.0 Å². The Morgan fingerprint density at radius 2 is 2.44 bits per heavy atom. The molecule has 3 nitrogen and oxygen atoms in total. The zero-order chi connectivity index (χ0) is 6.85. The average molecular weight is 123 g/mol. The smallest absolute Gasteiger partial charge is 0.255 e. The molecule has 0 saturated carbocycles. The molecule has 0 aromatic carbocycles. The van der Waals surface area contributed by atoms with Gasteiger partial charge in [0.1, 0.15) is 5.69 Å². The number of rotatable bonds is 1. The molecule has 1 radical (unpaired) electrons. The van der Waals surface area contributed by atoms with Crippen molar-refractivity contribution in [2.24, 2.45) is 7.05 Å². The molecule has 1 rings (SSSR count). The summed E-state index contributed by atoms with van der Waals surface area (Å²) in [7, 11) is 1.79. The van der Waals surface area contributed by atoms with Gasteiger partial charge in [-0.15, -0.1) is 0 Å². The Kier molecular flexibility index (Phi) is 1.34. The highest BCUT2D eigenvalue weighted by Gasteiger charge is 1.97. The van der Waals surface area contributed by atoms with Crippen LogP contribution in [-0.4, -0.2) is 16.1 Å². The second-order valence-corrected chi connectivity index (χ2v) is 1.90. The summed E-state index contributed by atoms with van der Waals surface area (Å²) >= 11 is 0. The van der Waals surface area contributed by atoms with Crippen LogP contribution in [0.5, 0.6) is 0 Å². The van der Waals surface area contributed by atoms with E-state index in [1.165, 1.54) is 0 Å². The first-order valence-electron chi connectivity index (χ1n) is 2.63. The van der Waals surface area contributed by atoms with Crippen molar-refractivity contribution in [2.75, 3.05) is 0 Å². The van der Waals surface area contributed by atoms with E-state index in [-0.39, 0.29) is 0 Å². The van der Waals surface area contributed by atoms with Gasteiger partial charge in [0.05, 0.1) is 0 Å². The highest BCUT2D eigenvalue weighted by molar-refractivity contribution is 5.72. The van der Waals surface area contributed by atoms with E-state index in [0.29, 0.717) is 5.69 Å². The third kappa shape index (κ3) is 0.988. The Morgan fingerprint density at radius 1 is 1.78 bits per heavy atom. The first-order valence-corrected chi connectivity index (χ1v) is 2.63. The SMILES string of the molecule is Cc1cc([C]=O)nn1C. The number of hydrogen-bond donors (Lipinski definition) is 0. The largest absolute Gasteiger partial charge is 0.283 e. The summed E-state index contributed by atoms with van der Waals surface area (Å²) in [4.78, 5) is 9.97. The maximum absolute atomic E-state index is 9.97. The van der Waals surface area contributed by atoms with Gasteiger partial charge in [0.25, 0.3) is 6.29 Å². The molecule has 0 N–H and O–H groups in total. The minimum atomic E-state index is 0.370. The van der Waals surface area contributed by atoms with Crippen LogP contribution in [0.2, 0.25) is 0 Å². The summed E-state index contributed by atoms with van der Waals surface area (Å²) < 4.78 is 1.64. The van der Waals surface area contributed by atoms with Crippen LogP contribution >= 0.6 is 0 Å². The number of hydrogen-bond acceptors (Lipinski definition) is 2. The maximum atomic E-state index is 9.97. The van der Waals surface area contributed by atoms with Crippen LogP contribution in [0.15, 0.2) is 6.07 Å². The Bertz CT molecular complexity index is 207. The molecule has 0 aliphatic carbocycles. The van der Waals surface area contributed by atoms with Crippen molar-refractivity contribution in [2.45, 2.75) is 6.92 Å². The van der Waals surface area contributed by atoms with Crippen LogP contribution in [0.4, 0.5) is 0 Å². The van der Waals surface area contributed by atoms with Gasteiger partial charge in [-0.2, -0.15) is 5.10 Å². The van der Waals surface area contributed by atoms with Crippen LogP contribution in [0.1, 0.15) is 11.4 Å². The van der Waals surface area contributed by atoms with E-state index in [2.05, 4.69) is 5.10 Å². The van der Waals surface area contributed by atoms with Gasteiger partial charge >= 0.3 is 0 Å². The van der Waals surface area contributed by atoms with Crippen LogP contribution in [0.25, 0.3) is 0 Å². The number of aryl methyl sites for hydroxylation is 2. The van der Waals surface area contributed by atoms with Crippen molar-refractivity contribution in [3.05, 3.63) is 17.5 Å². The lowest BCUT2D eigenvalue weighted by Crippen LogP contribution is -1.92. The number of aromatic nitrogens is 2. The average Bonchev–Trinajstić information content (AvgIpc) is 2.13. The minimum Gasteiger partial charge on any atom is -0.283 e. The monoisotopic (exact) mass is 123 g/mol. The topological polar surface area (TPSA) is 34.9 Å². The van der Waals surface area contributed by atoms with Gasteiger partial charge < -0.3 is 0 Å². The third-order valence-corrected chi connectivity index (χ3v) is 1.22. The minimum absolute atomic E-state index is 0.370. The van der Waals surface area contributed by atoms with Crippen molar-refractivity contribution in [1.29, 1.82) is 0 Å². The Morgan fingerprint density at radius 3 is 2.67 bits per heavy atom. The van der Waals surface area contributed by atoms with Gasteiger partial charge in [-0.3, -0.25) is 9.48 Å². The second kappa shape index (κ2) is 2.01. The molecule has 0 aliphatic rings. The number of nitrogens with zero attached hydrogens (tertiary/aromatic N) is 2. The summed E-state index contributed by atoms with van der Waals surface area (Å²) in [6, 6.07) is 1.69. The molecule has 0 spiro atoms. The lowest BCUT2D eigenvalue weighted by atomic mass is 10.4. The van der Waals surface area contributed by atoms with E-state index in [1.54, 1.807) is 24.1 Å². The maximum Gasteiger partial charge on any atom is 0.255 e. The predicted molar refractivity (Wildman–Crippen MR) is 32.7 cm³/mol. The van der Waals surface area contributed by atoms with E-state index < -0.39 is 0 Å². The van der Waals surface area contributed by atoms with Crippen molar-refractivity contribution in [3.63, 3.8) is 0 Å². The highest BCUT2D eigenvalue weighted by Crippen LogP contribution is 1.96. The summed E-state index contributed by atoms with van der Waals surface area (Å²) in [6.45, 7) is 1.88. The van der Waals surface area contributed by atoms with Crippen molar-refractivity contribution in [1.82, 2.24) is 9.78 Å². The van der Waals surface area contributed by atoms with E-state index >= 15 is 0 Å². The summed E-state index contributed by atoms with van der Waals surface area (Å²) in [5.41, 5.74) is 1.34. The molecule has 1 aromatic rings. The molecule has 9 heavy (non-hydrogen) atoms. The fourth-order valence-electron chi connectivity index (χ4n) is 0.610. The first-order chi connectivity index (χ1) is 4.24. The molecule has 1 heterocycles. The third-order valence-electron chi connectivity index (χ3n) is 1.22. The first kappa shape index (κ1) is 6.01. The van der Waals surface area contributed by atoms with Crippen LogP contribution in [0.3, 0.4) is 0 Å². The Hall–Kier alpha value is -1.12. The molecule has 0 fully saturated rings. The van der Waals surface area contributed by atoms with Gasteiger partial charge in [0, 0.05) is 12.7 Å². The van der Waals surface area contributed by atoms with Gasteiger partial charge in [-0.1, -0.05) is 0 Å². The van der Waals surface area contributed by atoms with E-state index in [9.17, 15) is 4.79 Å². The zero-order valence-corrected chi connectivity index (χ0v) is 5.38. The molecule has 47 valence electrons. The van der Waals surface area contributed by atoms with E-state index in [0.717, 1.165) is 5.69 Å². The molecule has 0 aliphatic heterocycles. The zero-order valence-electron chi connectivity index (χ0n) is 5.38. The van der Waals surface area contributed by atoms with E-state index in [1.807, 2.05) is 6.92 Å². The van der Waals surface area contributed by atoms with Crippen LogP contribution < -0.4 is 0 Å². The van der Waals surface area contributed by atoms with Crippen molar-refractivity contribution in [3.8, 4) is 0 Å². The normalized spacial score (nSPS) is 9.56. The van der Waals surface area contributed by atoms with Gasteiger partial charge in [0.15, 0.2) is 0 Å². The predicted octanol–water partition coefficient (Wildman–Crippen LogP) is 0.186. The molecular formula is C6H7N2O. The molecule has 0 atom stereocenters. The fourth-order valence-corrected chi connectivity index (χ4v) is 0.610. The summed E-state index contributed by atoms with van der Waals surface area (Å²) in [5, 5.41) is 3.82. The number of carbonyl (C=O) groups excluding carboxylic acids is 1. The lowest BCUT2D eigenvalue weighted by molar-refractivity contribution is 0.560. The quantitative estimate of drug-likeness (QED) is 0.534. The Balaban J connectivity index is 3.11. The molecule has 3 heteroatoms. The molecule has 0 saturated heterocycles. The summed E-state index contributed by atoms with van der Waals surface area (Å²) in [6.07, 6.45) is 1.71.